The molecule has 4 rings (SSSR count). The first-order valence-electron chi connectivity index (χ1n) is 10.3. The molecule has 0 spiro atoms. The lowest BCUT2D eigenvalue weighted by molar-refractivity contribution is 0.0185. The van der Waals surface area contributed by atoms with Crippen LogP contribution in [0.1, 0.15) is 28.7 Å². The van der Waals surface area contributed by atoms with Crippen molar-refractivity contribution in [1.29, 1.82) is 0 Å². The van der Waals surface area contributed by atoms with E-state index >= 15 is 0 Å². The van der Waals surface area contributed by atoms with Gasteiger partial charge in [0, 0.05) is 12.5 Å². The number of carbonyl (C=O) groups is 1. The first-order valence-corrected chi connectivity index (χ1v) is 10.7. The molecule has 2 unspecified atom stereocenters. The van der Waals surface area contributed by atoms with Crippen molar-refractivity contribution in [2.75, 3.05) is 20.3 Å². The van der Waals surface area contributed by atoms with Crippen molar-refractivity contribution in [2.45, 2.75) is 18.1 Å². The number of halogens is 1. The summed E-state index contributed by atoms with van der Waals surface area (Å²) in [6.45, 7) is -0.00587. The van der Waals surface area contributed by atoms with Gasteiger partial charge < -0.3 is 25.0 Å². The zero-order valence-electron chi connectivity index (χ0n) is 17.5. The SMILES string of the molecule is COc1ccc(C(O)C(O)CNC(=O)OCC2c3ccccc3-c3ccccc32)cc1Cl. The van der Waals surface area contributed by atoms with E-state index in [2.05, 4.69) is 17.4 Å². The lowest BCUT2D eigenvalue weighted by atomic mass is 9.98. The largest absolute Gasteiger partial charge is 0.495 e. The van der Waals surface area contributed by atoms with Gasteiger partial charge >= 0.3 is 6.09 Å². The summed E-state index contributed by atoms with van der Waals surface area (Å²) in [4.78, 5) is 12.3. The Bertz CT molecular complexity index is 1070. The first kappa shape index (κ1) is 22.1. The third-order valence-electron chi connectivity index (χ3n) is 5.68. The van der Waals surface area contributed by atoms with Crippen LogP contribution in [0.15, 0.2) is 66.7 Å². The highest BCUT2D eigenvalue weighted by molar-refractivity contribution is 6.32. The van der Waals surface area contributed by atoms with Gasteiger partial charge in [0.15, 0.2) is 0 Å². The van der Waals surface area contributed by atoms with E-state index < -0.39 is 18.3 Å². The minimum atomic E-state index is -1.24. The molecule has 0 fully saturated rings. The normalized spacial score (nSPS) is 14.2. The monoisotopic (exact) mass is 453 g/mol. The van der Waals surface area contributed by atoms with E-state index in [1.807, 2.05) is 36.4 Å². The molecule has 3 aromatic carbocycles. The Balaban J connectivity index is 1.33. The molecule has 3 N–H and O–H groups in total. The van der Waals surface area contributed by atoms with Gasteiger partial charge in [-0.05, 0) is 39.9 Å². The number of aliphatic hydroxyl groups excluding tert-OH is 2. The number of aliphatic hydroxyl groups is 2. The van der Waals surface area contributed by atoms with Crippen LogP contribution < -0.4 is 10.1 Å². The summed E-state index contributed by atoms with van der Waals surface area (Å²) in [6, 6.07) is 20.9. The van der Waals surface area contributed by atoms with Crippen LogP contribution in [-0.4, -0.2) is 42.7 Å². The molecule has 1 aliphatic rings. The van der Waals surface area contributed by atoms with Gasteiger partial charge in [-0.15, -0.1) is 0 Å². The maximum atomic E-state index is 12.3. The maximum absolute atomic E-state index is 12.3. The van der Waals surface area contributed by atoms with Gasteiger partial charge in [0.25, 0.3) is 0 Å². The van der Waals surface area contributed by atoms with E-state index in [1.54, 1.807) is 12.1 Å². The van der Waals surface area contributed by atoms with Crippen LogP contribution in [0.4, 0.5) is 4.79 Å². The van der Waals surface area contributed by atoms with Crippen molar-refractivity contribution in [3.05, 3.63) is 88.4 Å². The Morgan fingerprint density at radius 1 is 1.03 bits per heavy atom. The number of hydrogen-bond acceptors (Lipinski definition) is 5. The third-order valence-corrected chi connectivity index (χ3v) is 5.98. The molecule has 0 saturated heterocycles. The van der Waals surface area contributed by atoms with Crippen molar-refractivity contribution < 1.29 is 24.5 Å². The number of carbonyl (C=O) groups excluding carboxylic acids is 1. The predicted octanol–water partition coefficient (Wildman–Crippen LogP) is 4.28. The van der Waals surface area contributed by atoms with E-state index in [1.165, 1.54) is 13.2 Å². The fraction of sp³-hybridized carbons (Fsp3) is 0.240. The number of alkyl carbamates (subject to hydrolysis) is 1. The minimum Gasteiger partial charge on any atom is -0.495 e. The Labute approximate surface area is 191 Å². The second kappa shape index (κ2) is 9.61. The number of amides is 1. The molecule has 7 heteroatoms. The smallest absolute Gasteiger partial charge is 0.407 e. The quantitative estimate of drug-likeness (QED) is 0.497. The highest BCUT2D eigenvalue weighted by Crippen LogP contribution is 2.44. The van der Waals surface area contributed by atoms with Crippen molar-refractivity contribution in [2.24, 2.45) is 0 Å². The molecule has 0 saturated carbocycles. The molecule has 1 amide bonds. The van der Waals surface area contributed by atoms with Crippen LogP contribution in [0, 0.1) is 0 Å². The number of rotatable bonds is 7. The van der Waals surface area contributed by atoms with E-state index in [9.17, 15) is 15.0 Å². The topological polar surface area (TPSA) is 88.0 Å². The first-order chi connectivity index (χ1) is 15.5. The van der Waals surface area contributed by atoms with Crippen molar-refractivity contribution >= 4 is 17.7 Å². The fourth-order valence-electron chi connectivity index (χ4n) is 4.04. The summed E-state index contributed by atoms with van der Waals surface area (Å²) in [5.74, 6) is 0.416. The molecule has 32 heavy (non-hydrogen) atoms. The molecule has 0 heterocycles. The van der Waals surface area contributed by atoms with Crippen LogP contribution in [-0.2, 0) is 4.74 Å². The minimum absolute atomic E-state index is 0.0508. The summed E-state index contributed by atoms with van der Waals surface area (Å²) in [5, 5.41) is 23.5. The van der Waals surface area contributed by atoms with Crippen LogP contribution in [0.25, 0.3) is 11.1 Å². The number of methoxy groups -OCH3 is 1. The predicted molar refractivity (Wildman–Crippen MR) is 122 cm³/mol. The van der Waals surface area contributed by atoms with Crippen LogP contribution in [0.2, 0.25) is 5.02 Å². The highest BCUT2D eigenvalue weighted by Gasteiger charge is 2.29. The Morgan fingerprint density at radius 3 is 2.25 bits per heavy atom. The highest BCUT2D eigenvalue weighted by atomic mass is 35.5. The molecule has 3 aromatic rings. The van der Waals surface area contributed by atoms with Gasteiger partial charge in [0.05, 0.1) is 12.1 Å². The summed E-state index contributed by atoms with van der Waals surface area (Å²) < 4.78 is 10.5. The number of nitrogens with one attached hydrogen (secondary N) is 1. The van der Waals surface area contributed by atoms with E-state index in [4.69, 9.17) is 21.1 Å². The van der Waals surface area contributed by atoms with E-state index in [0.717, 1.165) is 22.3 Å². The molecule has 0 bridgehead atoms. The van der Waals surface area contributed by atoms with Crippen LogP contribution in [0.5, 0.6) is 5.75 Å². The number of benzene rings is 3. The molecule has 0 aliphatic heterocycles. The molecule has 1 aliphatic carbocycles. The van der Waals surface area contributed by atoms with E-state index in [0.29, 0.717) is 16.3 Å². The molecule has 0 aromatic heterocycles. The fourth-order valence-corrected chi connectivity index (χ4v) is 4.30. The molecule has 2 atom stereocenters. The summed E-state index contributed by atoms with van der Waals surface area (Å²) in [7, 11) is 1.49. The van der Waals surface area contributed by atoms with Gasteiger partial charge in [0.1, 0.15) is 24.6 Å². The molecular formula is C25H24ClNO5. The van der Waals surface area contributed by atoms with Crippen LogP contribution in [0.3, 0.4) is 0 Å². The third kappa shape index (κ3) is 4.43. The van der Waals surface area contributed by atoms with Gasteiger partial charge in [-0.25, -0.2) is 4.79 Å². The van der Waals surface area contributed by atoms with Gasteiger partial charge in [-0.2, -0.15) is 0 Å². The lowest BCUT2D eigenvalue weighted by Gasteiger charge is -2.20. The van der Waals surface area contributed by atoms with Gasteiger partial charge in [0.2, 0.25) is 0 Å². The second-order valence-electron chi connectivity index (χ2n) is 7.61. The molecule has 6 nitrogen and oxygen atoms in total. The summed E-state index contributed by atoms with van der Waals surface area (Å²) in [6.07, 6.45) is -3.13. The van der Waals surface area contributed by atoms with Crippen LogP contribution >= 0.6 is 11.6 Å². The number of fused-ring (bicyclic) bond motifs is 3. The standard InChI is InChI=1S/C25H24ClNO5/c1-31-23-11-10-15(12-21(23)26)24(29)22(28)13-27-25(30)32-14-20-18-8-4-2-6-16(18)17-7-3-5-9-19(17)20/h2-12,20,22,24,28-29H,13-14H2,1H3,(H,27,30). The molecular weight excluding hydrogens is 430 g/mol. The average molecular weight is 454 g/mol. The summed E-state index contributed by atoms with van der Waals surface area (Å²) in [5.41, 5.74) is 4.95. The van der Waals surface area contributed by atoms with Gasteiger partial charge in [-0.1, -0.05) is 66.2 Å². The summed E-state index contributed by atoms with van der Waals surface area (Å²) >= 11 is 6.07. The van der Waals surface area contributed by atoms with E-state index in [-0.39, 0.29) is 19.1 Å². The number of hydrogen-bond donors (Lipinski definition) is 3. The molecule has 166 valence electrons. The van der Waals surface area contributed by atoms with Crippen molar-refractivity contribution in [3.8, 4) is 16.9 Å². The Kier molecular flexibility index (Phi) is 6.65. The average Bonchev–Trinajstić information content (AvgIpc) is 3.14. The maximum Gasteiger partial charge on any atom is 0.407 e. The van der Waals surface area contributed by atoms with Crippen molar-refractivity contribution in [1.82, 2.24) is 5.32 Å². The lowest BCUT2D eigenvalue weighted by Crippen LogP contribution is -2.36. The zero-order chi connectivity index (χ0) is 22.7. The zero-order valence-corrected chi connectivity index (χ0v) is 18.3. The van der Waals surface area contributed by atoms with Crippen molar-refractivity contribution in [3.63, 3.8) is 0 Å². The molecule has 0 radical (unpaired) electrons. The van der Waals surface area contributed by atoms with Gasteiger partial charge in [-0.3, -0.25) is 0 Å². The Morgan fingerprint density at radius 2 is 1.66 bits per heavy atom. The second-order valence-corrected chi connectivity index (χ2v) is 8.02. The Hall–Kier alpha value is -3.06. The number of ether oxygens (including phenoxy) is 2.